The number of aromatic nitrogens is 4. The molecule has 10 rings (SSSR count). The number of rotatable bonds is 6. The van der Waals surface area contributed by atoms with Gasteiger partial charge >= 0.3 is 0 Å². The van der Waals surface area contributed by atoms with Crippen molar-refractivity contribution in [1.29, 1.82) is 0 Å². The molecule has 0 amide bonds. The summed E-state index contributed by atoms with van der Waals surface area (Å²) in [6.07, 6.45) is 10.8. The molecular weight excluding hydrogens is 749 g/mol. The number of nitrogens with zero attached hydrogens (tertiary/aromatic N) is 6. The Bertz CT molecular complexity index is 2230. The monoisotopic (exact) mass is 802 g/mol. The van der Waals surface area contributed by atoms with Crippen LogP contribution in [0.2, 0.25) is 0 Å². The van der Waals surface area contributed by atoms with E-state index < -0.39 is 19.7 Å². The first-order chi connectivity index (χ1) is 27.0. The molecule has 2 aromatic heterocycles. The Labute approximate surface area is 331 Å². The van der Waals surface area contributed by atoms with Gasteiger partial charge in [0.2, 0.25) is 0 Å². The molecule has 2 fully saturated rings. The molecule has 2 unspecified atom stereocenters. The number of hydrogen-bond acceptors (Lipinski definition) is 10. The zero-order valence-corrected chi connectivity index (χ0v) is 34.2. The molecule has 0 N–H and O–H groups in total. The maximum Gasteiger partial charge on any atom is 0.150 e. The van der Waals surface area contributed by atoms with Crippen molar-refractivity contribution < 1.29 is 26.3 Å². The summed E-state index contributed by atoms with van der Waals surface area (Å²) in [6.45, 7) is 9.86. The lowest BCUT2D eigenvalue weighted by Crippen LogP contribution is -2.34. The van der Waals surface area contributed by atoms with Crippen LogP contribution in [-0.4, -0.2) is 95.5 Å². The Morgan fingerprint density at radius 2 is 1.20 bits per heavy atom. The average molecular weight is 803 g/mol. The van der Waals surface area contributed by atoms with Gasteiger partial charge in [0.25, 0.3) is 0 Å². The normalized spacial score (nSPS) is 23.0. The molecule has 0 bridgehead atoms. The van der Waals surface area contributed by atoms with E-state index in [9.17, 15) is 16.8 Å². The van der Waals surface area contributed by atoms with Gasteiger partial charge in [-0.1, -0.05) is 24.3 Å². The van der Waals surface area contributed by atoms with Crippen LogP contribution in [0.3, 0.4) is 0 Å². The minimum absolute atomic E-state index is 0.217. The van der Waals surface area contributed by atoms with Crippen molar-refractivity contribution in [2.75, 3.05) is 49.3 Å². The fourth-order valence-corrected chi connectivity index (χ4v) is 12.4. The summed E-state index contributed by atoms with van der Waals surface area (Å²) < 4.78 is 62.5. The predicted molar refractivity (Wildman–Crippen MR) is 215 cm³/mol. The van der Waals surface area contributed by atoms with Gasteiger partial charge in [-0.3, -0.25) is 19.2 Å². The van der Waals surface area contributed by atoms with E-state index in [-0.39, 0.29) is 35.1 Å². The zero-order valence-electron chi connectivity index (χ0n) is 32.6. The molecule has 6 aliphatic heterocycles. The van der Waals surface area contributed by atoms with Crippen LogP contribution in [0, 0.1) is 0 Å². The van der Waals surface area contributed by atoms with E-state index in [0.717, 1.165) is 76.6 Å². The Hall–Kier alpha value is -3.72. The van der Waals surface area contributed by atoms with Crippen LogP contribution >= 0.6 is 0 Å². The second kappa shape index (κ2) is 15.2. The summed E-state index contributed by atoms with van der Waals surface area (Å²) >= 11 is 0. The smallest absolute Gasteiger partial charge is 0.150 e. The lowest BCUT2D eigenvalue weighted by Gasteiger charge is -2.34. The fraction of sp³-hybridized carbons (Fsp3) is 0.571. The standard InChI is InChI=1S/2C21H27N3O3S/c1-15(17-3-2-16-5-9-27-21(16)12-17)23-8-4-20-18(13-23)14-24(22-20)19-6-10-28(25,26)11-7-19;1-15(17-3-2-16-5-9-27-21(16)12-17)23-8-4-20-18(14-23)13-22-24(20)19-6-10-28(25,26)11-7-19/h2-3,12,14-15,19H,4-11,13H2,1H3;2-3,12-13,15,19H,4-11,14H2,1H3. The third kappa shape index (κ3) is 7.78. The zero-order chi connectivity index (χ0) is 38.6. The lowest BCUT2D eigenvalue weighted by atomic mass is 10.00. The highest BCUT2D eigenvalue weighted by Gasteiger charge is 2.32. The maximum atomic E-state index is 11.7. The maximum absolute atomic E-state index is 11.7. The summed E-state index contributed by atoms with van der Waals surface area (Å²) in [5.74, 6) is 3.23. The van der Waals surface area contributed by atoms with Crippen LogP contribution in [-0.2, 0) is 58.4 Å². The summed E-state index contributed by atoms with van der Waals surface area (Å²) in [4.78, 5) is 4.99. The Kier molecular flexibility index (Phi) is 10.3. The van der Waals surface area contributed by atoms with E-state index in [2.05, 4.69) is 76.0 Å². The Morgan fingerprint density at radius 1 is 0.661 bits per heavy atom. The summed E-state index contributed by atoms with van der Waals surface area (Å²) in [7, 11) is -5.68. The van der Waals surface area contributed by atoms with Gasteiger partial charge in [-0.05, 0) is 73.9 Å². The van der Waals surface area contributed by atoms with E-state index >= 15 is 0 Å². The molecule has 2 saturated heterocycles. The molecule has 0 aliphatic carbocycles. The summed E-state index contributed by atoms with van der Waals surface area (Å²) in [5, 5.41) is 9.47. The van der Waals surface area contributed by atoms with Crippen LogP contribution in [0.4, 0.5) is 0 Å². The SMILES string of the molecule is CC(c1ccc2c(c1)OCC2)N1CCc2c(cnn2C2CCS(=O)(=O)CC2)C1.CC(c1ccc2c(c1)OCC2)N1CCc2nn(C3CCS(=O)(=O)CC3)cc2C1. The van der Waals surface area contributed by atoms with Crippen molar-refractivity contribution in [1.82, 2.24) is 29.4 Å². The molecule has 8 heterocycles. The van der Waals surface area contributed by atoms with Crippen molar-refractivity contribution in [3.8, 4) is 11.5 Å². The van der Waals surface area contributed by atoms with Gasteiger partial charge in [-0.15, -0.1) is 0 Å². The van der Waals surface area contributed by atoms with Crippen molar-refractivity contribution in [3.05, 3.63) is 93.6 Å². The fourth-order valence-electron chi connectivity index (χ4n) is 9.47. The van der Waals surface area contributed by atoms with Crippen LogP contribution in [0.15, 0.2) is 48.8 Å². The van der Waals surface area contributed by atoms with E-state index in [1.807, 2.05) is 10.9 Å². The molecule has 12 nitrogen and oxygen atoms in total. The number of ether oxygens (including phenoxy) is 2. The second-order valence-electron chi connectivity index (χ2n) is 16.6. The minimum Gasteiger partial charge on any atom is -0.493 e. The van der Waals surface area contributed by atoms with Crippen molar-refractivity contribution in [2.24, 2.45) is 0 Å². The average Bonchev–Trinajstić information content (AvgIpc) is 4.03. The van der Waals surface area contributed by atoms with Crippen molar-refractivity contribution in [2.45, 2.75) is 102 Å². The topological polar surface area (TPSA) is 129 Å². The molecule has 2 aromatic carbocycles. The van der Waals surface area contributed by atoms with E-state index in [1.54, 1.807) is 0 Å². The van der Waals surface area contributed by atoms with Crippen LogP contribution in [0.1, 0.15) is 108 Å². The van der Waals surface area contributed by atoms with Crippen LogP contribution in [0.5, 0.6) is 11.5 Å². The van der Waals surface area contributed by atoms with Gasteiger partial charge in [0.05, 0.1) is 60.2 Å². The number of hydrogen-bond donors (Lipinski definition) is 0. The molecule has 6 aliphatic rings. The molecule has 14 heteroatoms. The van der Waals surface area contributed by atoms with Gasteiger partial charge in [-0.2, -0.15) is 10.2 Å². The Morgan fingerprint density at radius 3 is 1.79 bits per heavy atom. The predicted octanol–water partition coefficient (Wildman–Crippen LogP) is 5.37. The van der Waals surface area contributed by atoms with E-state index in [4.69, 9.17) is 14.6 Å². The number of fused-ring (bicyclic) bond motifs is 4. The highest BCUT2D eigenvalue weighted by Crippen LogP contribution is 2.36. The van der Waals surface area contributed by atoms with Crippen molar-refractivity contribution >= 4 is 19.7 Å². The first kappa shape index (κ1) is 37.8. The highest BCUT2D eigenvalue weighted by molar-refractivity contribution is 7.91. The number of sulfone groups is 2. The molecule has 0 spiro atoms. The number of benzene rings is 2. The first-order valence-corrected chi connectivity index (χ1v) is 24.2. The van der Waals surface area contributed by atoms with Gasteiger partial charge < -0.3 is 9.47 Å². The minimum atomic E-state index is -2.84. The molecule has 0 radical (unpaired) electrons. The quantitative estimate of drug-likeness (QED) is 0.251. The molecule has 2 atom stereocenters. The molecule has 0 saturated carbocycles. The molecular formula is C42H54N6O6S2. The van der Waals surface area contributed by atoms with Gasteiger partial charge in [0, 0.05) is 87.0 Å². The summed E-state index contributed by atoms with van der Waals surface area (Å²) in [6, 6.07) is 14.4. The third-order valence-electron chi connectivity index (χ3n) is 13.2. The van der Waals surface area contributed by atoms with Crippen LogP contribution < -0.4 is 9.47 Å². The van der Waals surface area contributed by atoms with E-state index in [1.165, 1.54) is 44.8 Å². The molecule has 300 valence electrons. The summed E-state index contributed by atoms with van der Waals surface area (Å²) in [5.41, 5.74) is 10.3. The van der Waals surface area contributed by atoms with Crippen molar-refractivity contribution in [3.63, 3.8) is 0 Å². The lowest BCUT2D eigenvalue weighted by molar-refractivity contribution is 0.188. The third-order valence-corrected chi connectivity index (χ3v) is 16.6. The Balaban J connectivity index is 0.000000146. The first-order valence-electron chi connectivity index (χ1n) is 20.5. The molecule has 56 heavy (non-hydrogen) atoms. The van der Waals surface area contributed by atoms with Crippen LogP contribution in [0.25, 0.3) is 0 Å². The second-order valence-corrected chi connectivity index (χ2v) is 21.2. The highest BCUT2D eigenvalue weighted by atomic mass is 32.2. The van der Waals surface area contributed by atoms with Gasteiger partial charge in [0.15, 0.2) is 0 Å². The van der Waals surface area contributed by atoms with Gasteiger partial charge in [0.1, 0.15) is 31.2 Å². The molecule has 4 aromatic rings. The van der Waals surface area contributed by atoms with Gasteiger partial charge in [-0.25, -0.2) is 16.8 Å². The largest absolute Gasteiger partial charge is 0.493 e. The van der Waals surface area contributed by atoms with E-state index in [0.29, 0.717) is 37.8 Å².